The Kier molecular flexibility index (Phi) is 2.22. The molecule has 2 aromatic heterocycles. The molecule has 3 nitrogen and oxygen atoms in total. The number of thiophene rings is 1. The Morgan fingerprint density at radius 1 is 1.31 bits per heavy atom. The van der Waals surface area contributed by atoms with E-state index in [1.54, 1.807) is 11.3 Å². The van der Waals surface area contributed by atoms with E-state index in [1.807, 2.05) is 6.07 Å². The molecule has 1 aromatic carbocycles. The number of benzene rings is 1. The van der Waals surface area contributed by atoms with Gasteiger partial charge < -0.3 is 0 Å². The van der Waals surface area contributed by atoms with Crippen LogP contribution in [0.25, 0.3) is 20.8 Å². The zero-order valence-corrected chi connectivity index (χ0v) is 9.71. The van der Waals surface area contributed by atoms with Crippen molar-refractivity contribution in [3.8, 4) is 10.7 Å². The molecule has 0 bridgehead atoms. The number of nitrogens with zero attached hydrogens (tertiary/aromatic N) is 2. The van der Waals surface area contributed by atoms with Crippen LogP contribution in [0, 0.1) is 0 Å². The van der Waals surface area contributed by atoms with Crippen molar-refractivity contribution in [1.82, 2.24) is 15.2 Å². The monoisotopic (exact) mass is 229 g/mol. The Morgan fingerprint density at radius 2 is 2.19 bits per heavy atom. The van der Waals surface area contributed by atoms with Crippen molar-refractivity contribution in [1.29, 1.82) is 0 Å². The van der Waals surface area contributed by atoms with Crippen molar-refractivity contribution in [2.75, 3.05) is 0 Å². The lowest BCUT2D eigenvalue weighted by Gasteiger charge is -1.84. The summed E-state index contributed by atoms with van der Waals surface area (Å²) in [5, 5.41) is 8.43. The second-order valence-corrected chi connectivity index (χ2v) is 4.69. The molecule has 80 valence electrons. The lowest BCUT2D eigenvalue weighted by atomic mass is 10.2. The third kappa shape index (κ3) is 1.51. The lowest BCUT2D eigenvalue weighted by Crippen LogP contribution is -1.80. The number of aromatic nitrogens is 3. The molecule has 0 saturated carbocycles. The van der Waals surface area contributed by atoms with E-state index in [-0.39, 0.29) is 0 Å². The van der Waals surface area contributed by atoms with Gasteiger partial charge in [0.1, 0.15) is 5.82 Å². The number of rotatable bonds is 2. The van der Waals surface area contributed by atoms with Crippen molar-refractivity contribution >= 4 is 21.4 Å². The van der Waals surface area contributed by atoms with Gasteiger partial charge in [0, 0.05) is 11.1 Å². The number of hydrogen-bond donors (Lipinski definition) is 1. The quantitative estimate of drug-likeness (QED) is 0.733. The van der Waals surface area contributed by atoms with E-state index >= 15 is 0 Å². The Labute approximate surface area is 97.2 Å². The number of hydrogen-bond acceptors (Lipinski definition) is 3. The van der Waals surface area contributed by atoms with Gasteiger partial charge in [0.05, 0.1) is 4.88 Å². The molecule has 0 radical (unpaired) electrons. The van der Waals surface area contributed by atoms with E-state index in [2.05, 4.69) is 46.4 Å². The molecular formula is C12H11N3S. The van der Waals surface area contributed by atoms with Crippen LogP contribution in [0.4, 0.5) is 0 Å². The molecule has 2 heterocycles. The summed E-state index contributed by atoms with van der Waals surface area (Å²) in [5.74, 6) is 1.74. The van der Waals surface area contributed by atoms with Gasteiger partial charge in [0.25, 0.3) is 0 Å². The minimum atomic E-state index is 0.804. The number of fused-ring (bicyclic) bond motifs is 1. The molecule has 0 saturated heterocycles. The zero-order chi connectivity index (χ0) is 11.0. The molecule has 0 aliphatic rings. The summed E-state index contributed by atoms with van der Waals surface area (Å²) in [6, 6.07) is 10.5. The van der Waals surface area contributed by atoms with Gasteiger partial charge in [-0.2, -0.15) is 5.10 Å². The van der Waals surface area contributed by atoms with Crippen molar-refractivity contribution in [3.63, 3.8) is 0 Å². The van der Waals surface area contributed by atoms with Crippen molar-refractivity contribution < 1.29 is 0 Å². The lowest BCUT2D eigenvalue weighted by molar-refractivity contribution is 0.946. The first kappa shape index (κ1) is 9.54. The normalized spacial score (nSPS) is 11.1. The summed E-state index contributed by atoms with van der Waals surface area (Å²) in [7, 11) is 0. The predicted octanol–water partition coefficient (Wildman–Crippen LogP) is 3.25. The molecular weight excluding hydrogens is 218 g/mol. The van der Waals surface area contributed by atoms with Crippen molar-refractivity contribution in [2.45, 2.75) is 13.3 Å². The molecule has 16 heavy (non-hydrogen) atoms. The first-order valence-corrected chi connectivity index (χ1v) is 6.08. The summed E-state index contributed by atoms with van der Waals surface area (Å²) >= 11 is 1.73. The third-order valence-electron chi connectivity index (χ3n) is 2.51. The van der Waals surface area contributed by atoms with Gasteiger partial charge >= 0.3 is 0 Å². The molecule has 0 aliphatic carbocycles. The Balaban J connectivity index is 2.11. The first-order valence-electron chi connectivity index (χ1n) is 5.27. The Hall–Kier alpha value is -1.68. The van der Waals surface area contributed by atoms with Crippen LogP contribution in [0.5, 0.6) is 0 Å². The predicted molar refractivity (Wildman–Crippen MR) is 66.6 cm³/mol. The standard InChI is InChI=1S/C12H11N3S/c1-2-11-13-12(15-14-11)10-7-8-5-3-4-6-9(8)16-10/h3-7H,2H2,1H3,(H,13,14,15). The van der Waals surface area contributed by atoms with E-state index in [9.17, 15) is 0 Å². The number of H-pyrrole nitrogens is 1. The van der Waals surface area contributed by atoms with Crippen LogP contribution in [0.15, 0.2) is 30.3 Å². The highest BCUT2D eigenvalue weighted by Crippen LogP contribution is 2.31. The molecule has 3 aromatic rings. The van der Waals surface area contributed by atoms with Crippen LogP contribution in [0.1, 0.15) is 12.7 Å². The maximum absolute atomic E-state index is 4.44. The van der Waals surface area contributed by atoms with E-state index in [0.29, 0.717) is 0 Å². The van der Waals surface area contributed by atoms with Crippen LogP contribution >= 0.6 is 11.3 Å². The second-order valence-electron chi connectivity index (χ2n) is 3.61. The molecule has 0 aliphatic heterocycles. The second kappa shape index (κ2) is 3.72. The molecule has 0 fully saturated rings. The Bertz CT molecular complexity index is 591. The maximum atomic E-state index is 4.44. The summed E-state index contributed by atoms with van der Waals surface area (Å²) in [4.78, 5) is 5.56. The third-order valence-corrected chi connectivity index (χ3v) is 3.62. The van der Waals surface area contributed by atoms with E-state index in [0.717, 1.165) is 22.9 Å². The van der Waals surface area contributed by atoms with E-state index < -0.39 is 0 Å². The highest BCUT2D eigenvalue weighted by molar-refractivity contribution is 7.22. The largest absolute Gasteiger partial charge is 0.263 e. The molecule has 0 unspecified atom stereocenters. The molecule has 4 heteroatoms. The molecule has 1 N–H and O–H groups in total. The molecule has 0 amide bonds. The summed E-state index contributed by atoms with van der Waals surface area (Å²) in [5.41, 5.74) is 0. The summed E-state index contributed by atoms with van der Waals surface area (Å²) < 4.78 is 1.28. The minimum absolute atomic E-state index is 0.804. The van der Waals surface area contributed by atoms with E-state index in [1.165, 1.54) is 10.1 Å². The number of aryl methyl sites for hydroxylation is 1. The van der Waals surface area contributed by atoms with Crippen LogP contribution in [0.2, 0.25) is 0 Å². The fourth-order valence-electron chi connectivity index (χ4n) is 1.66. The van der Waals surface area contributed by atoms with Gasteiger partial charge in [-0.15, -0.1) is 11.3 Å². The molecule has 0 spiro atoms. The first-order chi connectivity index (χ1) is 7.86. The summed E-state index contributed by atoms with van der Waals surface area (Å²) in [6.07, 6.45) is 0.887. The van der Waals surface area contributed by atoms with Crippen LogP contribution in [0.3, 0.4) is 0 Å². The molecule has 3 rings (SSSR count). The fourth-order valence-corrected chi connectivity index (χ4v) is 2.65. The van der Waals surface area contributed by atoms with Gasteiger partial charge in [-0.1, -0.05) is 25.1 Å². The van der Waals surface area contributed by atoms with Gasteiger partial charge in [-0.3, -0.25) is 5.10 Å². The minimum Gasteiger partial charge on any atom is -0.263 e. The average Bonchev–Trinajstić information content (AvgIpc) is 2.95. The highest BCUT2D eigenvalue weighted by atomic mass is 32.1. The average molecular weight is 229 g/mol. The number of nitrogens with one attached hydrogen (secondary N) is 1. The van der Waals surface area contributed by atoms with Gasteiger partial charge in [-0.05, 0) is 17.5 Å². The van der Waals surface area contributed by atoms with E-state index in [4.69, 9.17) is 0 Å². The fraction of sp³-hybridized carbons (Fsp3) is 0.167. The van der Waals surface area contributed by atoms with Gasteiger partial charge in [0.2, 0.25) is 0 Å². The zero-order valence-electron chi connectivity index (χ0n) is 8.90. The van der Waals surface area contributed by atoms with Crippen LogP contribution < -0.4 is 0 Å². The van der Waals surface area contributed by atoms with Crippen LogP contribution in [-0.2, 0) is 6.42 Å². The van der Waals surface area contributed by atoms with Crippen molar-refractivity contribution in [2.24, 2.45) is 0 Å². The SMILES string of the molecule is CCc1nc(-c2cc3ccccc3s2)n[nH]1. The van der Waals surface area contributed by atoms with Crippen molar-refractivity contribution in [3.05, 3.63) is 36.2 Å². The molecule has 0 atom stereocenters. The Morgan fingerprint density at radius 3 is 2.94 bits per heavy atom. The summed E-state index contributed by atoms with van der Waals surface area (Å²) in [6.45, 7) is 2.06. The number of aromatic amines is 1. The highest BCUT2D eigenvalue weighted by Gasteiger charge is 2.08. The smallest absolute Gasteiger partial charge is 0.191 e. The van der Waals surface area contributed by atoms with Gasteiger partial charge in [-0.25, -0.2) is 4.98 Å². The topological polar surface area (TPSA) is 41.6 Å². The van der Waals surface area contributed by atoms with Crippen LogP contribution in [-0.4, -0.2) is 15.2 Å². The maximum Gasteiger partial charge on any atom is 0.191 e. The van der Waals surface area contributed by atoms with Gasteiger partial charge in [0.15, 0.2) is 5.82 Å².